The fraction of sp³-hybridized carbons (Fsp3) is 0.867. The molecule has 0 aromatic carbocycles. The summed E-state index contributed by atoms with van der Waals surface area (Å²) in [6.45, 7) is 8.68. The van der Waals surface area contributed by atoms with E-state index in [9.17, 15) is 9.59 Å². The van der Waals surface area contributed by atoms with Gasteiger partial charge in [-0.15, -0.1) is 0 Å². The maximum absolute atomic E-state index is 12.8. The summed E-state index contributed by atoms with van der Waals surface area (Å²) in [4.78, 5) is 26.6. The molecule has 4 nitrogen and oxygen atoms in total. The van der Waals surface area contributed by atoms with E-state index in [2.05, 4.69) is 19.2 Å². The SMILES string of the molecule is CCC1(CC)NC(=O)CN(C2CCC(C)(C)C2)C1=O. The molecule has 2 rings (SSSR count). The molecular formula is C15H26N2O2. The largest absolute Gasteiger partial charge is 0.340 e. The van der Waals surface area contributed by atoms with E-state index in [4.69, 9.17) is 0 Å². The van der Waals surface area contributed by atoms with Crippen molar-refractivity contribution in [3.8, 4) is 0 Å². The number of nitrogens with zero attached hydrogens (tertiary/aromatic N) is 1. The van der Waals surface area contributed by atoms with Gasteiger partial charge in [0.25, 0.3) is 0 Å². The number of amides is 2. The van der Waals surface area contributed by atoms with Crippen molar-refractivity contribution < 1.29 is 9.59 Å². The molecule has 1 unspecified atom stereocenters. The Hall–Kier alpha value is -1.06. The normalized spacial score (nSPS) is 29.5. The second kappa shape index (κ2) is 4.80. The van der Waals surface area contributed by atoms with Crippen molar-refractivity contribution in [2.45, 2.75) is 71.4 Å². The predicted molar refractivity (Wildman–Crippen MR) is 74.6 cm³/mol. The van der Waals surface area contributed by atoms with Crippen LogP contribution >= 0.6 is 0 Å². The molecule has 4 heteroatoms. The van der Waals surface area contributed by atoms with Crippen LogP contribution in [0.2, 0.25) is 0 Å². The minimum absolute atomic E-state index is 0.00648. The molecule has 0 spiro atoms. The van der Waals surface area contributed by atoms with Gasteiger partial charge < -0.3 is 10.2 Å². The first-order chi connectivity index (χ1) is 8.83. The zero-order chi connectivity index (χ0) is 14.3. The molecule has 2 amide bonds. The summed E-state index contributed by atoms with van der Waals surface area (Å²) in [7, 11) is 0. The molecule has 2 aliphatic rings. The van der Waals surface area contributed by atoms with E-state index < -0.39 is 5.54 Å². The molecule has 0 bridgehead atoms. The molecule has 1 N–H and O–H groups in total. The number of hydrogen-bond acceptors (Lipinski definition) is 2. The highest BCUT2D eigenvalue weighted by molar-refractivity contribution is 5.98. The molecule has 0 radical (unpaired) electrons. The molecule has 2 fully saturated rings. The van der Waals surface area contributed by atoms with Gasteiger partial charge in [-0.2, -0.15) is 0 Å². The van der Waals surface area contributed by atoms with Crippen molar-refractivity contribution in [2.24, 2.45) is 5.41 Å². The molecule has 19 heavy (non-hydrogen) atoms. The maximum atomic E-state index is 12.8. The van der Waals surface area contributed by atoms with E-state index in [0.29, 0.717) is 18.3 Å². The summed E-state index contributed by atoms with van der Waals surface area (Å²) in [5.74, 6) is 0.118. The summed E-state index contributed by atoms with van der Waals surface area (Å²) in [6.07, 6.45) is 4.50. The van der Waals surface area contributed by atoms with Crippen LogP contribution in [-0.2, 0) is 9.59 Å². The Balaban J connectivity index is 2.21. The van der Waals surface area contributed by atoms with Gasteiger partial charge >= 0.3 is 0 Å². The first kappa shape index (κ1) is 14.4. The van der Waals surface area contributed by atoms with E-state index in [1.165, 1.54) is 0 Å². The van der Waals surface area contributed by atoms with Gasteiger partial charge in [0.15, 0.2) is 0 Å². The van der Waals surface area contributed by atoms with Gasteiger partial charge in [0.2, 0.25) is 11.8 Å². The van der Waals surface area contributed by atoms with Crippen LogP contribution in [0.5, 0.6) is 0 Å². The zero-order valence-corrected chi connectivity index (χ0v) is 12.6. The molecule has 108 valence electrons. The Bertz CT molecular complexity index is 386. The number of nitrogens with one attached hydrogen (secondary N) is 1. The molecule has 1 heterocycles. The smallest absolute Gasteiger partial charge is 0.249 e. The third-order valence-electron chi connectivity index (χ3n) is 4.95. The average molecular weight is 266 g/mol. The summed E-state index contributed by atoms with van der Waals surface area (Å²) >= 11 is 0. The van der Waals surface area contributed by atoms with Gasteiger partial charge in [-0.3, -0.25) is 9.59 Å². The van der Waals surface area contributed by atoms with Crippen molar-refractivity contribution in [3.63, 3.8) is 0 Å². The van der Waals surface area contributed by atoms with Gasteiger partial charge in [0.1, 0.15) is 5.54 Å². The van der Waals surface area contributed by atoms with Gasteiger partial charge in [-0.25, -0.2) is 0 Å². The number of carbonyl (C=O) groups excluding carboxylic acids is 2. The highest BCUT2D eigenvalue weighted by atomic mass is 16.2. The van der Waals surface area contributed by atoms with Gasteiger partial charge in [0, 0.05) is 6.04 Å². The molecule has 1 saturated carbocycles. The average Bonchev–Trinajstić information content (AvgIpc) is 2.72. The van der Waals surface area contributed by atoms with Crippen molar-refractivity contribution in [1.29, 1.82) is 0 Å². The zero-order valence-electron chi connectivity index (χ0n) is 12.6. The monoisotopic (exact) mass is 266 g/mol. The highest BCUT2D eigenvalue weighted by Gasteiger charge is 2.48. The summed E-state index contributed by atoms with van der Waals surface area (Å²) in [5.41, 5.74) is -0.373. The van der Waals surface area contributed by atoms with Crippen molar-refractivity contribution >= 4 is 11.8 Å². The van der Waals surface area contributed by atoms with Crippen LogP contribution < -0.4 is 5.32 Å². The van der Waals surface area contributed by atoms with Crippen LogP contribution in [0.1, 0.15) is 59.8 Å². The number of piperazine rings is 1. The Morgan fingerprint density at radius 1 is 1.26 bits per heavy atom. The van der Waals surface area contributed by atoms with Crippen LogP contribution in [0.4, 0.5) is 0 Å². The Morgan fingerprint density at radius 3 is 2.37 bits per heavy atom. The van der Waals surface area contributed by atoms with Gasteiger partial charge in [-0.1, -0.05) is 27.7 Å². The van der Waals surface area contributed by atoms with E-state index >= 15 is 0 Å². The molecule has 1 saturated heterocycles. The van der Waals surface area contributed by atoms with Crippen molar-refractivity contribution in [2.75, 3.05) is 6.54 Å². The molecule has 1 aliphatic heterocycles. The van der Waals surface area contributed by atoms with Crippen LogP contribution in [-0.4, -0.2) is 34.8 Å². The molecular weight excluding hydrogens is 240 g/mol. The number of carbonyl (C=O) groups is 2. The lowest BCUT2D eigenvalue weighted by molar-refractivity contribution is -0.152. The Morgan fingerprint density at radius 2 is 1.89 bits per heavy atom. The van der Waals surface area contributed by atoms with Crippen molar-refractivity contribution in [3.05, 3.63) is 0 Å². The van der Waals surface area contributed by atoms with Crippen molar-refractivity contribution in [1.82, 2.24) is 10.2 Å². The maximum Gasteiger partial charge on any atom is 0.249 e. The minimum Gasteiger partial charge on any atom is -0.340 e. The quantitative estimate of drug-likeness (QED) is 0.850. The fourth-order valence-electron chi connectivity index (χ4n) is 3.55. The number of hydrogen-bond donors (Lipinski definition) is 1. The third-order valence-corrected chi connectivity index (χ3v) is 4.95. The summed E-state index contributed by atoms with van der Waals surface area (Å²) in [6, 6.07) is 0.242. The van der Waals surface area contributed by atoms with Crippen LogP contribution in [0, 0.1) is 5.41 Å². The van der Waals surface area contributed by atoms with E-state index in [-0.39, 0.29) is 24.4 Å². The summed E-state index contributed by atoms with van der Waals surface area (Å²) < 4.78 is 0. The molecule has 1 aliphatic carbocycles. The Labute approximate surface area is 115 Å². The van der Waals surface area contributed by atoms with Gasteiger partial charge in [-0.05, 0) is 37.5 Å². The predicted octanol–water partition coefficient (Wildman–Crippen LogP) is 2.08. The number of rotatable bonds is 3. The van der Waals surface area contributed by atoms with Gasteiger partial charge in [0.05, 0.1) is 6.54 Å². The highest BCUT2D eigenvalue weighted by Crippen LogP contribution is 2.40. The topological polar surface area (TPSA) is 49.4 Å². The third kappa shape index (κ3) is 2.49. The summed E-state index contributed by atoms with van der Waals surface area (Å²) in [5, 5.41) is 2.92. The second-order valence-electron chi connectivity index (χ2n) is 6.83. The second-order valence-corrected chi connectivity index (χ2v) is 6.83. The first-order valence-corrected chi connectivity index (χ1v) is 7.45. The van der Waals surface area contributed by atoms with Crippen LogP contribution in [0.3, 0.4) is 0 Å². The fourth-order valence-corrected chi connectivity index (χ4v) is 3.55. The molecule has 0 aromatic rings. The van der Waals surface area contributed by atoms with E-state index in [1.54, 1.807) is 0 Å². The van der Waals surface area contributed by atoms with Crippen LogP contribution in [0.25, 0.3) is 0 Å². The molecule has 0 aromatic heterocycles. The van der Waals surface area contributed by atoms with E-state index in [0.717, 1.165) is 19.3 Å². The lowest BCUT2D eigenvalue weighted by Crippen LogP contribution is -2.67. The van der Waals surface area contributed by atoms with E-state index in [1.807, 2.05) is 18.7 Å². The minimum atomic E-state index is -0.665. The lowest BCUT2D eigenvalue weighted by atomic mass is 9.87. The Kier molecular flexibility index (Phi) is 3.63. The standard InChI is InChI=1S/C15H26N2O2/c1-5-15(6-2)13(19)17(10-12(18)16-15)11-7-8-14(3,4)9-11/h11H,5-10H2,1-4H3,(H,16,18). The van der Waals surface area contributed by atoms with Crippen LogP contribution in [0.15, 0.2) is 0 Å². The first-order valence-electron chi connectivity index (χ1n) is 7.45. The lowest BCUT2D eigenvalue weighted by Gasteiger charge is -2.43. The molecule has 1 atom stereocenters.